The number of fused-ring (bicyclic) bond motifs is 1. The Morgan fingerprint density at radius 3 is 3.00 bits per heavy atom. The number of nitrogens with zero attached hydrogens (tertiary/aromatic N) is 3. The van der Waals surface area contributed by atoms with Crippen molar-refractivity contribution in [3.05, 3.63) is 47.8 Å². The Hall–Kier alpha value is -2.10. The van der Waals surface area contributed by atoms with Crippen LogP contribution in [0.5, 0.6) is 5.88 Å². The molecule has 104 valence electrons. The van der Waals surface area contributed by atoms with Gasteiger partial charge in [-0.05, 0) is 31.4 Å². The Kier molecular flexibility index (Phi) is 3.54. The number of hydrogen-bond donors (Lipinski definition) is 0. The van der Waals surface area contributed by atoms with Crippen molar-refractivity contribution in [1.29, 1.82) is 0 Å². The molecule has 1 aromatic carbocycles. The molecule has 1 unspecified atom stereocenters. The molecular formula is C16H19N3O. The van der Waals surface area contributed by atoms with Crippen molar-refractivity contribution in [2.75, 3.05) is 18.1 Å². The fourth-order valence-electron chi connectivity index (χ4n) is 2.80. The molecule has 2 aromatic rings. The third-order valence-corrected chi connectivity index (χ3v) is 3.81. The average molecular weight is 269 g/mol. The van der Waals surface area contributed by atoms with Crippen LogP contribution in [-0.2, 0) is 6.42 Å². The van der Waals surface area contributed by atoms with Crippen LogP contribution in [0.15, 0.2) is 36.7 Å². The molecule has 0 fully saturated rings. The van der Waals surface area contributed by atoms with Gasteiger partial charge in [-0.1, -0.05) is 24.3 Å². The molecule has 4 heteroatoms. The number of hydrogen-bond acceptors (Lipinski definition) is 4. The van der Waals surface area contributed by atoms with Crippen molar-refractivity contribution in [3.63, 3.8) is 0 Å². The van der Waals surface area contributed by atoms with Gasteiger partial charge in [-0.3, -0.25) is 0 Å². The Labute approximate surface area is 119 Å². The van der Waals surface area contributed by atoms with E-state index in [1.54, 1.807) is 6.33 Å². The van der Waals surface area contributed by atoms with Crippen LogP contribution in [0, 0.1) is 0 Å². The Morgan fingerprint density at radius 1 is 1.30 bits per heavy atom. The zero-order valence-corrected chi connectivity index (χ0v) is 11.9. The summed E-state index contributed by atoms with van der Waals surface area (Å²) in [5, 5.41) is 0. The fraction of sp³-hybridized carbons (Fsp3) is 0.375. The molecule has 2 heterocycles. The normalized spacial score (nSPS) is 17.7. The van der Waals surface area contributed by atoms with Crippen molar-refractivity contribution in [2.24, 2.45) is 0 Å². The van der Waals surface area contributed by atoms with Crippen LogP contribution in [-0.4, -0.2) is 23.1 Å². The lowest BCUT2D eigenvalue weighted by Gasteiger charge is -2.36. The van der Waals surface area contributed by atoms with Crippen molar-refractivity contribution in [1.82, 2.24) is 9.97 Å². The van der Waals surface area contributed by atoms with Gasteiger partial charge in [-0.25, -0.2) is 9.97 Å². The SMILES string of the molecule is CCOc1cc(N2CCc3ccccc3C2C)ncn1. The monoisotopic (exact) mass is 269 g/mol. The molecule has 1 aliphatic rings. The summed E-state index contributed by atoms with van der Waals surface area (Å²) in [7, 11) is 0. The molecule has 4 nitrogen and oxygen atoms in total. The highest BCUT2D eigenvalue weighted by atomic mass is 16.5. The second-order valence-electron chi connectivity index (χ2n) is 4.97. The predicted octanol–water partition coefficient (Wildman–Crippen LogP) is 3.00. The van der Waals surface area contributed by atoms with Gasteiger partial charge in [0.25, 0.3) is 0 Å². The van der Waals surface area contributed by atoms with Crippen LogP contribution in [0.2, 0.25) is 0 Å². The first-order valence-electron chi connectivity index (χ1n) is 7.09. The molecule has 0 radical (unpaired) electrons. The van der Waals surface area contributed by atoms with E-state index in [2.05, 4.69) is 46.1 Å². The molecule has 0 saturated carbocycles. The number of anilines is 1. The van der Waals surface area contributed by atoms with Crippen molar-refractivity contribution in [2.45, 2.75) is 26.3 Å². The van der Waals surface area contributed by atoms with Crippen LogP contribution >= 0.6 is 0 Å². The van der Waals surface area contributed by atoms with E-state index in [4.69, 9.17) is 4.74 Å². The van der Waals surface area contributed by atoms with Gasteiger partial charge in [-0.2, -0.15) is 0 Å². The first kappa shape index (κ1) is 12.9. The summed E-state index contributed by atoms with van der Waals surface area (Å²) in [6.07, 6.45) is 2.63. The van der Waals surface area contributed by atoms with Gasteiger partial charge in [0, 0.05) is 12.6 Å². The van der Waals surface area contributed by atoms with E-state index >= 15 is 0 Å². The lowest BCUT2D eigenvalue weighted by molar-refractivity contribution is 0.326. The van der Waals surface area contributed by atoms with Gasteiger partial charge in [0.2, 0.25) is 5.88 Å². The molecule has 0 spiro atoms. The molecule has 20 heavy (non-hydrogen) atoms. The topological polar surface area (TPSA) is 38.2 Å². The van der Waals surface area contributed by atoms with E-state index in [-0.39, 0.29) is 0 Å². The number of benzene rings is 1. The molecule has 1 aliphatic heterocycles. The first-order valence-corrected chi connectivity index (χ1v) is 7.09. The van der Waals surface area contributed by atoms with Gasteiger partial charge in [-0.15, -0.1) is 0 Å². The summed E-state index contributed by atoms with van der Waals surface area (Å²) < 4.78 is 5.46. The largest absolute Gasteiger partial charge is 0.478 e. The molecule has 1 aromatic heterocycles. The summed E-state index contributed by atoms with van der Waals surface area (Å²) in [6, 6.07) is 10.9. The van der Waals surface area contributed by atoms with Crippen LogP contribution in [0.4, 0.5) is 5.82 Å². The fourth-order valence-corrected chi connectivity index (χ4v) is 2.80. The maximum Gasteiger partial charge on any atom is 0.218 e. The third kappa shape index (κ3) is 2.33. The molecule has 0 bridgehead atoms. The van der Waals surface area contributed by atoms with Gasteiger partial charge < -0.3 is 9.64 Å². The summed E-state index contributed by atoms with van der Waals surface area (Å²) in [5.74, 6) is 1.58. The number of rotatable bonds is 3. The van der Waals surface area contributed by atoms with Crippen LogP contribution < -0.4 is 9.64 Å². The van der Waals surface area contributed by atoms with E-state index in [9.17, 15) is 0 Å². The van der Waals surface area contributed by atoms with Crippen LogP contribution in [0.3, 0.4) is 0 Å². The average Bonchev–Trinajstić information content (AvgIpc) is 2.48. The highest BCUT2D eigenvalue weighted by Gasteiger charge is 2.24. The van der Waals surface area contributed by atoms with Gasteiger partial charge in [0.05, 0.1) is 12.6 Å². The second kappa shape index (κ2) is 5.49. The lowest BCUT2D eigenvalue weighted by Crippen LogP contribution is -2.34. The molecule has 1 atom stereocenters. The highest BCUT2D eigenvalue weighted by molar-refractivity contribution is 5.48. The van der Waals surface area contributed by atoms with E-state index in [1.807, 2.05) is 13.0 Å². The van der Waals surface area contributed by atoms with Crippen LogP contribution in [0.1, 0.15) is 31.0 Å². The Morgan fingerprint density at radius 2 is 2.15 bits per heavy atom. The molecule has 3 rings (SSSR count). The third-order valence-electron chi connectivity index (χ3n) is 3.81. The quantitative estimate of drug-likeness (QED) is 0.858. The maximum atomic E-state index is 5.46. The highest BCUT2D eigenvalue weighted by Crippen LogP contribution is 2.32. The smallest absolute Gasteiger partial charge is 0.218 e. The Bertz CT molecular complexity index is 600. The van der Waals surface area contributed by atoms with E-state index in [0.717, 1.165) is 18.8 Å². The van der Waals surface area contributed by atoms with E-state index in [0.29, 0.717) is 18.5 Å². The zero-order valence-electron chi connectivity index (χ0n) is 11.9. The minimum atomic E-state index is 0.323. The molecule has 0 N–H and O–H groups in total. The van der Waals surface area contributed by atoms with Gasteiger partial charge >= 0.3 is 0 Å². The number of ether oxygens (including phenoxy) is 1. The van der Waals surface area contributed by atoms with E-state index < -0.39 is 0 Å². The van der Waals surface area contributed by atoms with Crippen molar-refractivity contribution in [3.8, 4) is 5.88 Å². The molecule has 0 saturated heterocycles. The summed E-state index contributed by atoms with van der Waals surface area (Å²) >= 11 is 0. The van der Waals surface area contributed by atoms with Crippen molar-refractivity contribution < 1.29 is 4.74 Å². The number of aromatic nitrogens is 2. The van der Waals surface area contributed by atoms with Gasteiger partial charge in [0.1, 0.15) is 12.1 Å². The second-order valence-corrected chi connectivity index (χ2v) is 4.97. The summed E-state index contributed by atoms with van der Waals surface area (Å²) in [5.41, 5.74) is 2.82. The van der Waals surface area contributed by atoms with Crippen molar-refractivity contribution >= 4 is 5.82 Å². The maximum absolute atomic E-state index is 5.46. The summed E-state index contributed by atoms with van der Waals surface area (Å²) in [6.45, 7) is 5.78. The van der Waals surface area contributed by atoms with Gasteiger partial charge in [0.15, 0.2) is 0 Å². The van der Waals surface area contributed by atoms with E-state index in [1.165, 1.54) is 11.1 Å². The molecular weight excluding hydrogens is 250 g/mol. The Balaban J connectivity index is 1.90. The first-order chi connectivity index (χ1) is 9.79. The minimum absolute atomic E-state index is 0.323. The predicted molar refractivity (Wildman–Crippen MR) is 79.1 cm³/mol. The minimum Gasteiger partial charge on any atom is -0.478 e. The summed E-state index contributed by atoms with van der Waals surface area (Å²) in [4.78, 5) is 10.8. The standard InChI is InChI=1S/C16H19N3O/c1-3-20-16-10-15(17-11-18-16)19-9-8-13-6-4-5-7-14(13)12(19)2/h4-7,10-12H,3,8-9H2,1-2H3. The molecule has 0 amide bonds. The zero-order chi connectivity index (χ0) is 13.9. The lowest BCUT2D eigenvalue weighted by atomic mass is 9.94. The molecule has 0 aliphatic carbocycles. The van der Waals surface area contributed by atoms with Crippen LogP contribution in [0.25, 0.3) is 0 Å².